The summed E-state index contributed by atoms with van der Waals surface area (Å²) in [5.41, 5.74) is -0.250. The smallest absolute Gasteiger partial charge is 0.246 e. The van der Waals surface area contributed by atoms with E-state index in [-0.39, 0.29) is 11.4 Å². The van der Waals surface area contributed by atoms with Gasteiger partial charge >= 0.3 is 11.4 Å². The molecule has 0 saturated heterocycles. The topological polar surface area (TPSA) is 48.9 Å². The van der Waals surface area contributed by atoms with Crippen molar-refractivity contribution in [3.05, 3.63) is 50.3 Å². The third-order valence-electron chi connectivity index (χ3n) is 2.47. The Morgan fingerprint density at radius 2 is 1.38 bits per heavy atom. The number of hydrogen-bond donors (Lipinski definition) is 0. The zero-order chi connectivity index (χ0) is 11.9. The van der Waals surface area contributed by atoms with Gasteiger partial charge in [0.05, 0.1) is 5.69 Å². The van der Waals surface area contributed by atoms with Crippen molar-refractivity contribution in [1.82, 2.24) is 13.9 Å². The molecule has 1 aromatic carbocycles. The molecule has 0 amide bonds. The molecule has 0 spiro atoms. The summed E-state index contributed by atoms with van der Waals surface area (Å²) in [7, 11) is 3.08. The van der Waals surface area contributed by atoms with Gasteiger partial charge in [-0.25, -0.2) is 23.5 Å². The zero-order valence-electron chi connectivity index (χ0n) is 8.85. The molecular formula is C10H10ClN3O2. The lowest BCUT2D eigenvalue weighted by atomic mass is 10.3. The first-order valence-electron chi connectivity index (χ1n) is 4.63. The van der Waals surface area contributed by atoms with Gasteiger partial charge in [-0.1, -0.05) is 11.6 Å². The lowest BCUT2D eigenvalue weighted by Crippen LogP contribution is -2.26. The standard InChI is InChI=1S/C10H10ClN3O2/c1-12-9(15)14(10(16)13(12)2)8-5-3-7(11)4-6-8/h3-6H,1-2H3. The molecule has 0 aliphatic carbocycles. The van der Waals surface area contributed by atoms with Gasteiger partial charge in [0.1, 0.15) is 0 Å². The number of rotatable bonds is 1. The predicted molar refractivity (Wildman–Crippen MR) is 61.3 cm³/mol. The SMILES string of the molecule is Cn1c(=O)n(-c2ccc(Cl)cc2)c(=O)n1C. The van der Waals surface area contributed by atoms with Crippen LogP contribution in [0.3, 0.4) is 0 Å². The lowest BCUT2D eigenvalue weighted by Gasteiger charge is -1.98. The molecule has 0 bridgehead atoms. The van der Waals surface area contributed by atoms with E-state index in [9.17, 15) is 9.59 Å². The van der Waals surface area contributed by atoms with Crippen LogP contribution in [-0.4, -0.2) is 13.9 Å². The molecule has 0 atom stereocenters. The third-order valence-corrected chi connectivity index (χ3v) is 2.72. The molecule has 1 aromatic heterocycles. The van der Waals surface area contributed by atoms with Gasteiger partial charge in [-0.15, -0.1) is 0 Å². The van der Waals surface area contributed by atoms with Crippen LogP contribution >= 0.6 is 11.6 Å². The van der Waals surface area contributed by atoms with Crippen LogP contribution in [0, 0.1) is 0 Å². The summed E-state index contributed by atoms with van der Waals surface area (Å²) >= 11 is 5.74. The summed E-state index contributed by atoms with van der Waals surface area (Å²) < 4.78 is 3.59. The monoisotopic (exact) mass is 239 g/mol. The normalized spacial score (nSPS) is 10.7. The highest BCUT2D eigenvalue weighted by molar-refractivity contribution is 6.30. The molecule has 84 valence electrons. The molecule has 6 heteroatoms. The summed E-state index contributed by atoms with van der Waals surface area (Å²) in [4.78, 5) is 23.5. The van der Waals surface area contributed by atoms with E-state index in [0.717, 1.165) is 4.57 Å². The maximum atomic E-state index is 11.8. The van der Waals surface area contributed by atoms with E-state index in [1.165, 1.54) is 23.5 Å². The Balaban J connectivity index is 2.75. The highest BCUT2D eigenvalue weighted by atomic mass is 35.5. The summed E-state index contributed by atoms with van der Waals surface area (Å²) in [6.07, 6.45) is 0. The van der Waals surface area contributed by atoms with Crippen molar-refractivity contribution >= 4 is 11.6 Å². The quantitative estimate of drug-likeness (QED) is 0.729. The molecule has 2 aromatic rings. The number of aromatic nitrogens is 3. The first kappa shape index (κ1) is 10.8. The average Bonchev–Trinajstić information content (AvgIpc) is 2.46. The van der Waals surface area contributed by atoms with Gasteiger partial charge in [0, 0.05) is 19.1 Å². The van der Waals surface area contributed by atoms with E-state index in [1.807, 2.05) is 0 Å². The van der Waals surface area contributed by atoms with Crippen LogP contribution in [0.5, 0.6) is 0 Å². The van der Waals surface area contributed by atoms with Crippen molar-refractivity contribution in [3.8, 4) is 5.69 Å². The highest BCUT2D eigenvalue weighted by Gasteiger charge is 2.11. The van der Waals surface area contributed by atoms with Crippen molar-refractivity contribution in [2.24, 2.45) is 14.1 Å². The van der Waals surface area contributed by atoms with Crippen LogP contribution in [0.4, 0.5) is 0 Å². The Labute approximate surface area is 96.1 Å². The molecule has 0 fully saturated rings. The second-order valence-corrected chi connectivity index (χ2v) is 3.86. The van der Waals surface area contributed by atoms with Crippen LogP contribution in [-0.2, 0) is 14.1 Å². The fraction of sp³-hybridized carbons (Fsp3) is 0.200. The molecule has 0 saturated carbocycles. The van der Waals surface area contributed by atoms with E-state index in [0.29, 0.717) is 10.7 Å². The first-order chi connectivity index (χ1) is 7.52. The van der Waals surface area contributed by atoms with Gasteiger partial charge in [-0.2, -0.15) is 0 Å². The van der Waals surface area contributed by atoms with Crippen LogP contribution in [0.25, 0.3) is 5.69 Å². The molecular weight excluding hydrogens is 230 g/mol. The Hall–Kier alpha value is -1.75. The second kappa shape index (κ2) is 3.68. The molecule has 0 unspecified atom stereocenters. The van der Waals surface area contributed by atoms with Crippen LogP contribution in [0.15, 0.2) is 33.9 Å². The van der Waals surface area contributed by atoms with Crippen molar-refractivity contribution in [3.63, 3.8) is 0 Å². The Kier molecular flexibility index (Phi) is 2.47. The minimum atomic E-state index is -0.380. The van der Waals surface area contributed by atoms with Crippen molar-refractivity contribution < 1.29 is 0 Å². The number of halogens is 1. The average molecular weight is 240 g/mol. The number of nitrogens with zero attached hydrogens (tertiary/aromatic N) is 3. The minimum Gasteiger partial charge on any atom is -0.246 e. The molecule has 0 N–H and O–H groups in total. The van der Waals surface area contributed by atoms with Gasteiger partial charge < -0.3 is 0 Å². The van der Waals surface area contributed by atoms with Crippen molar-refractivity contribution in [2.45, 2.75) is 0 Å². The summed E-state index contributed by atoms with van der Waals surface area (Å²) in [5.74, 6) is 0. The zero-order valence-corrected chi connectivity index (χ0v) is 9.60. The molecule has 0 radical (unpaired) electrons. The minimum absolute atomic E-state index is 0.380. The molecule has 0 aliphatic heterocycles. The van der Waals surface area contributed by atoms with Gasteiger partial charge in [-0.3, -0.25) is 0 Å². The molecule has 1 heterocycles. The Bertz CT molecular complexity index is 600. The van der Waals surface area contributed by atoms with Crippen molar-refractivity contribution in [2.75, 3.05) is 0 Å². The highest BCUT2D eigenvalue weighted by Crippen LogP contribution is 2.10. The van der Waals surface area contributed by atoms with Crippen molar-refractivity contribution in [1.29, 1.82) is 0 Å². The maximum absolute atomic E-state index is 11.8. The van der Waals surface area contributed by atoms with Gasteiger partial charge in [-0.05, 0) is 24.3 Å². The molecule has 16 heavy (non-hydrogen) atoms. The number of benzene rings is 1. The predicted octanol–water partition coefficient (Wildman–Crippen LogP) is 0.528. The fourth-order valence-electron chi connectivity index (χ4n) is 1.44. The maximum Gasteiger partial charge on any atom is 0.351 e. The van der Waals surface area contributed by atoms with Gasteiger partial charge in [0.15, 0.2) is 0 Å². The van der Waals surface area contributed by atoms with Gasteiger partial charge in [0.2, 0.25) is 0 Å². The Morgan fingerprint density at radius 1 is 0.938 bits per heavy atom. The van der Waals surface area contributed by atoms with E-state index < -0.39 is 0 Å². The fourth-order valence-corrected chi connectivity index (χ4v) is 1.56. The van der Waals surface area contributed by atoms with E-state index in [1.54, 1.807) is 24.3 Å². The van der Waals surface area contributed by atoms with E-state index in [2.05, 4.69) is 0 Å². The third kappa shape index (κ3) is 1.49. The number of hydrogen-bond acceptors (Lipinski definition) is 2. The Morgan fingerprint density at radius 3 is 1.81 bits per heavy atom. The summed E-state index contributed by atoms with van der Waals surface area (Å²) in [6.45, 7) is 0. The van der Waals surface area contributed by atoms with E-state index >= 15 is 0 Å². The lowest BCUT2D eigenvalue weighted by molar-refractivity contribution is 0.565. The molecule has 5 nitrogen and oxygen atoms in total. The summed E-state index contributed by atoms with van der Waals surface area (Å²) in [5, 5.41) is 0.560. The second-order valence-electron chi connectivity index (χ2n) is 3.42. The first-order valence-corrected chi connectivity index (χ1v) is 5.01. The summed E-state index contributed by atoms with van der Waals surface area (Å²) in [6, 6.07) is 6.53. The van der Waals surface area contributed by atoms with Crippen LogP contribution < -0.4 is 11.4 Å². The van der Waals surface area contributed by atoms with Crippen LogP contribution in [0.1, 0.15) is 0 Å². The van der Waals surface area contributed by atoms with Crippen LogP contribution in [0.2, 0.25) is 5.02 Å². The largest absolute Gasteiger partial charge is 0.351 e. The molecule has 0 aliphatic rings. The van der Waals surface area contributed by atoms with Gasteiger partial charge in [0.25, 0.3) is 0 Å². The molecule has 2 rings (SSSR count). The van der Waals surface area contributed by atoms with E-state index in [4.69, 9.17) is 11.6 Å².